The van der Waals surface area contributed by atoms with Gasteiger partial charge in [0.1, 0.15) is 0 Å². The number of rotatable bonds is 8. The molecule has 0 saturated heterocycles. The molecule has 0 radical (unpaired) electrons. The zero-order chi connectivity index (χ0) is 42.0. The molecule has 0 atom stereocenters. The number of hydrogen-bond donors (Lipinski definition) is 0. The van der Waals surface area contributed by atoms with Crippen molar-refractivity contribution in [3.05, 3.63) is 224 Å². The lowest BCUT2D eigenvalue weighted by molar-refractivity contribution is 0.661. The fourth-order valence-electron chi connectivity index (χ4n) is 9.30. The average molecular weight is 795 g/mol. The van der Waals surface area contributed by atoms with Crippen LogP contribution in [0.2, 0.25) is 0 Å². The van der Waals surface area contributed by atoms with Gasteiger partial charge in [-0.15, -0.1) is 0 Å². The maximum absolute atomic E-state index is 5.39. The van der Waals surface area contributed by atoms with Gasteiger partial charge in [0, 0.05) is 27.3 Å². The summed E-state index contributed by atoms with van der Waals surface area (Å²) in [7, 11) is 0. The minimum Gasteiger partial charge on any atom is -0.278 e. The van der Waals surface area contributed by atoms with Gasteiger partial charge >= 0.3 is 0 Å². The Hall–Kier alpha value is -7.95. The second kappa shape index (κ2) is 14.6. The third kappa shape index (κ3) is 6.19. The van der Waals surface area contributed by atoms with Gasteiger partial charge < -0.3 is 0 Å². The third-order valence-corrected chi connectivity index (χ3v) is 12.5. The molecule has 1 aliphatic carbocycles. The monoisotopic (exact) mass is 794 g/mol. The molecule has 294 valence electrons. The molecule has 4 heteroatoms. The van der Waals surface area contributed by atoms with E-state index in [9.17, 15) is 0 Å². The molecule has 11 rings (SSSR count). The van der Waals surface area contributed by atoms with Gasteiger partial charge in [-0.05, 0) is 115 Å². The highest BCUT2D eigenvalue weighted by molar-refractivity contribution is 6.11. The molecule has 8 aromatic carbocycles. The number of hydrogen-bond acceptors (Lipinski definition) is 3. The lowest BCUT2D eigenvalue weighted by Gasteiger charge is -2.21. The molecule has 0 spiro atoms. The summed E-state index contributed by atoms with van der Waals surface area (Å²) in [4.78, 5) is 16.0. The highest BCUT2D eigenvalue weighted by Gasteiger charge is 2.36. The summed E-state index contributed by atoms with van der Waals surface area (Å²) in [5, 5.41) is 2.31. The van der Waals surface area contributed by atoms with Crippen LogP contribution in [-0.4, -0.2) is 19.5 Å². The highest BCUT2D eigenvalue weighted by atomic mass is 15.2. The molecule has 10 aromatic rings. The summed E-state index contributed by atoms with van der Waals surface area (Å²) < 4.78 is 2.23. The first kappa shape index (κ1) is 37.1. The maximum Gasteiger partial charge on any atom is 0.238 e. The minimum atomic E-state index is -0.177. The van der Waals surface area contributed by atoms with Gasteiger partial charge in [0.15, 0.2) is 11.6 Å². The van der Waals surface area contributed by atoms with Crippen molar-refractivity contribution in [3.8, 4) is 73.2 Å². The van der Waals surface area contributed by atoms with Crippen LogP contribution >= 0.6 is 0 Å². The number of aromatic nitrogens is 4. The van der Waals surface area contributed by atoms with E-state index in [1.54, 1.807) is 6.08 Å². The molecule has 2 heterocycles. The van der Waals surface area contributed by atoms with E-state index in [0.29, 0.717) is 17.6 Å². The second-order valence-electron chi connectivity index (χ2n) is 16.6. The van der Waals surface area contributed by atoms with Crippen molar-refractivity contribution in [1.29, 1.82) is 0 Å². The Morgan fingerprint density at radius 1 is 0.452 bits per heavy atom. The van der Waals surface area contributed by atoms with Crippen molar-refractivity contribution < 1.29 is 0 Å². The van der Waals surface area contributed by atoms with Gasteiger partial charge in [-0.2, -0.15) is 9.97 Å². The predicted molar refractivity (Wildman–Crippen MR) is 258 cm³/mol. The molecule has 0 unspecified atom stereocenters. The van der Waals surface area contributed by atoms with Crippen molar-refractivity contribution in [1.82, 2.24) is 19.5 Å². The number of benzene rings is 8. The van der Waals surface area contributed by atoms with E-state index in [-0.39, 0.29) is 5.41 Å². The van der Waals surface area contributed by atoms with Gasteiger partial charge in [-0.1, -0.05) is 173 Å². The first-order chi connectivity index (χ1) is 30.3. The van der Waals surface area contributed by atoms with Crippen LogP contribution in [0.25, 0.3) is 101 Å². The van der Waals surface area contributed by atoms with Crippen LogP contribution in [0.5, 0.6) is 0 Å². The van der Waals surface area contributed by atoms with Crippen LogP contribution in [-0.2, 0) is 5.41 Å². The zero-order valence-electron chi connectivity index (χ0n) is 34.7. The molecule has 0 bridgehead atoms. The molecule has 0 saturated carbocycles. The van der Waals surface area contributed by atoms with E-state index in [0.717, 1.165) is 66.3 Å². The first-order valence-electron chi connectivity index (χ1n) is 21.1. The summed E-state index contributed by atoms with van der Waals surface area (Å²) in [5.74, 6) is 1.72. The summed E-state index contributed by atoms with van der Waals surface area (Å²) in [6.07, 6.45) is 1.78. The molecule has 0 N–H and O–H groups in total. The Morgan fingerprint density at radius 3 is 1.69 bits per heavy atom. The summed E-state index contributed by atoms with van der Waals surface area (Å²) in [5.41, 5.74) is 17.5. The topological polar surface area (TPSA) is 43.6 Å². The Balaban J connectivity index is 1.13. The number of allylic oxidation sites excluding steroid dienone is 2. The largest absolute Gasteiger partial charge is 0.278 e. The van der Waals surface area contributed by atoms with Crippen LogP contribution in [0.3, 0.4) is 0 Å². The number of para-hydroxylation sites is 1. The lowest BCUT2D eigenvalue weighted by atomic mass is 9.82. The highest BCUT2D eigenvalue weighted by Crippen LogP contribution is 2.51. The molecule has 4 nitrogen and oxygen atoms in total. The number of nitrogens with zero attached hydrogens (tertiary/aromatic N) is 4. The maximum atomic E-state index is 5.39. The van der Waals surface area contributed by atoms with Gasteiger partial charge in [-0.25, -0.2) is 4.98 Å². The summed E-state index contributed by atoms with van der Waals surface area (Å²) in [6.45, 7) is 12.9. The first-order valence-corrected chi connectivity index (χ1v) is 21.1. The SMILES string of the molecule is C=CC(=C)c1cccc(-c2nc(-c3cccc(-c4cc(-c5ccccc5)cc(-c5ccccc5)c4)c3)nc(-n3c4ccccc4c4cc5c(cc43)C(C)(C)c3ccccc3-5)n2)c1. The smallest absolute Gasteiger partial charge is 0.238 e. The fraction of sp³-hybridized carbons (Fsp3) is 0.0517. The normalized spacial score (nSPS) is 12.6. The quantitative estimate of drug-likeness (QED) is 0.144. The molecule has 62 heavy (non-hydrogen) atoms. The van der Waals surface area contributed by atoms with Gasteiger partial charge in [-0.3, -0.25) is 4.57 Å². The van der Waals surface area contributed by atoms with E-state index in [1.807, 2.05) is 12.1 Å². The third-order valence-electron chi connectivity index (χ3n) is 12.5. The molecular formula is C58H42N4. The van der Waals surface area contributed by atoms with Crippen molar-refractivity contribution in [3.63, 3.8) is 0 Å². The van der Waals surface area contributed by atoms with E-state index >= 15 is 0 Å². The Morgan fingerprint density at radius 2 is 1.00 bits per heavy atom. The Bertz CT molecular complexity index is 3350. The van der Waals surface area contributed by atoms with Crippen molar-refractivity contribution in [2.75, 3.05) is 0 Å². The van der Waals surface area contributed by atoms with Gasteiger partial charge in [0.25, 0.3) is 0 Å². The molecule has 0 fully saturated rings. The molecule has 0 aliphatic heterocycles. The summed E-state index contributed by atoms with van der Waals surface area (Å²) >= 11 is 0. The Kier molecular flexibility index (Phi) is 8.76. The average Bonchev–Trinajstić information content (AvgIpc) is 3.78. The van der Waals surface area contributed by atoms with E-state index in [4.69, 9.17) is 15.0 Å². The predicted octanol–water partition coefficient (Wildman–Crippen LogP) is 14.8. The van der Waals surface area contributed by atoms with E-state index < -0.39 is 0 Å². The Labute approximate surface area is 361 Å². The summed E-state index contributed by atoms with van der Waals surface area (Å²) in [6, 6.07) is 66.9. The van der Waals surface area contributed by atoms with Crippen LogP contribution in [0, 0.1) is 0 Å². The minimum absolute atomic E-state index is 0.177. The molecule has 2 aromatic heterocycles. The van der Waals surface area contributed by atoms with E-state index in [2.05, 4.69) is 207 Å². The standard InChI is InChI=1S/C58H42N4/c1-5-37(2)40-22-16-24-42(30-40)55-59-56(43-25-17-23-41(31-43)46-33-44(38-18-8-6-9-19-38)32-45(34-46)39-20-10-7-11-21-39)61-57(60-55)62-53-29-15-13-27-48(53)50-35-49-47-26-12-14-28-51(47)58(3,4)52(49)36-54(50)62/h5-36H,1-2H2,3-4H3. The van der Waals surface area contributed by atoms with E-state index in [1.165, 1.54) is 33.4 Å². The van der Waals surface area contributed by atoms with Crippen LogP contribution in [0.15, 0.2) is 207 Å². The molecule has 0 amide bonds. The van der Waals surface area contributed by atoms with Gasteiger partial charge in [0.2, 0.25) is 5.95 Å². The molecular weight excluding hydrogens is 753 g/mol. The van der Waals surface area contributed by atoms with Crippen LogP contribution < -0.4 is 0 Å². The fourth-order valence-corrected chi connectivity index (χ4v) is 9.30. The van der Waals surface area contributed by atoms with Gasteiger partial charge in [0.05, 0.1) is 11.0 Å². The second-order valence-corrected chi connectivity index (χ2v) is 16.6. The van der Waals surface area contributed by atoms with Crippen molar-refractivity contribution in [2.45, 2.75) is 19.3 Å². The van der Waals surface area contributed by atoms with Crippen molar-refractivity contribution in [2.24, 2.45) is 0 Å². The van der Waals surface area contributed by atoms with Crippen LogP contribution in [0.1, 0.15) is 30.5 Å². The van der Waals surface area contributed by atoms with Crippen LogP contribution in [0.4, 0.5) is 0 Å². The lowest BCUT2D eigenvalue weighted by Crippen LogP contribution is -2.15. The molecule has 1 aliphatic rings. The number of fused-ring (bicyclic) bond motifs is 6. The van der Waals surface area contributed by atoms with Crippen molar-refractivity contribution >= 4 is 27.4 Å². The zero-order valence-corrected chi connectivity index (χ0v) is 34.7.